The predicted octanol–water partition coefficient (Wildman–Crippen LogP) is 2.98. The number of carbonyl (C=O) groups excluding carboxylic acids is 2. The number of carbonyl (C=O) groups is 2. The fourth-order valence-corrected chi connectivity index (χ4v) is 4.08. The lowest BCUT2D eigenvalue weighted by Crippen LogP contribution is -2.43. The molecule has 1 atom stereocenters. The van der Waals surface area contributed by atoms with Gasteiger partial charge in [-0.25, -0.2) is 0 Å². The normalized spacial score (nSPS) is 19.2. The summed E-state index contributed by atoms with van der Waals surface area (Å²) >= 11 is 0. The molecular formula is C22H34IN5O2. The lowest BCUT2D eigenvalue weighted by atomic mass is 9.89. The third-order valence-corrected chi connectivity index (χ3v) is 5.61. The highest BCUT2D eigenvalue weighted by molar-refractivity contribution is 14.0. The molecule has 1 aliphatic carbocycles. The minimum Gasteiger partial charge on any atom is -0.357 e. The molecule has 0 aromatic heterocycles. The number of guanidine groups is 1. The Morgan fingerprint density at radius 1 is 1.10 bits per heavy atom. The van der Waals surface area contributed by atoms with Gasteiger partial charge in [0, 0.05) is 43.6 Å². The van der Waals surface area contributed by atoms with Crippen LogP contribution in [0.4, 0.5) is 5.69 Å². The summed E-state index contributed by atoms with van der Waals surface area (Å²) in [7, 11) is 0. The molecule has 0 saturated heterocycles. The molecule has 0 bridgehead atoms. The molecule has 1 unspecified atom stereocenters. The summed E-state index contributed by atoms with van der Waals surface area (Å²) in [5.41, 5.74) is 2.01. The van der Waals surface area contributed by atoms with E-state index in [-0.39, 0.29) is 47.6 Å². The van der Waals surface area contributed by atoms with E-state index in [1.165, 1.54) is 6.42 Å². The summed E-state index contributed by atoms with van der Waals surface area (Å²) in [5, 5.41) is 12.5. The molecule has 8 heteroatoms. The topological polar surface area (TPSA) is 94.6 Å². The quantitative estimate of drug-likeness (QED) is 0.190. The van der Waals surface area contributed by atoms with Crippen molar-refractivity contribution in [3.05, 3.63) is 29.8 Å². The minimum absolute atomic E-state index is 0. The largest absolute Gasteiger partial charge is 0.357 e. The molecule has 0 radical (unpaired) electrons. The maximum Gasteiger partial charge on any atom is 0.225 e. The van der Waals surface area contributed by atoms with Gasteiger partial charge >= 0.3 is 0 Å². The van der Waals surface area contributed by atoms with Gasteiger partial charge < -0.3 is 21.3 Å². The molecule has 1 aromatic carbocycles. The monoisotopic (exact) mass is 527 g/mol. The van der Waals surface area contributed by atoms with Gasteiger partial charge in [-0.3, -0.25) is 14.6 Å². The first-order valence-corrected chi connectivity index (χ1v) is 10.9. The number of benzene rings is 1. The highest BCUT2D eigenvalue weighted by Crippen LogP contribution is 2.32. The van der Waals surface area contributed by atoms with Gasteiger partial charge in [0.1, 0.15) is 0 Å². The molecular weight excluding hydrogens is 493 g/mol. The van der Waals surface area contributed by atoms with Crippen molar-refractivity contribution in [1.82, 2.24) is 16.0 Å². The summed E-state index contributed by atoms with van der Waals surface area (Å²) in [6, 6.07) is 7.90. The second-order valence-corrected chi connectivity index (χ2v) is 7.81. The van der Waals surface area contributed by atoms with Gasteiger partial charge in [0.05, 0.1) is 6.54 Å². The van der Waals surface area contributed by atoms with Crippen molar-refractivity contribution in [1.29, 1.82) is 0 Å². The zero-order chi connectivity index (χ0) is 20.5. The van der Waals surface area contributed by atoms with Crippen LogP contribution in [0.25, 0.3) is 0 Å². The third-order valence-electron chi connectivity index (χ3n) is 5.61. The number of hydrogen-bond acceptors (Lipinski definition) is 3. The van der Waals surface area contributed by atoms with Crippen molar-refractivity contribution >= 4 is 47.4 Å². The Morgan fingerprint density at radius 3 is 2.60 bits per heavy atom. The Morgan fingerprint density at radius 2 is 1.83 bits per heavy atom. The van der Waals surface area contributed by atoms with Crippen LogP contribution in [0, 0.1) is 5.92 Å². The average Bonchev–Trinajstić information content (AvgIpc) is 2.75. The Labute approximate surface area is 196 Å². The van der Waals surface area contributed by atoms with Gasteiger partial charge in [-0.05, 0) is 31.4 Å². The smallest absolute Gasteiger partial charge is 0.225 e. The Kier molecular flexibility index (Phi) is 10.4. The van der Waals surface area contributed by atoms with Crippen LogP contribution in [-0.4, -0.2) is 44.0 Å². The molecule has 3 rings (SSSR count). The van der Waals surface area contributed by atoms with Crippen molar-refractivity contribution in [2.75, 3.05) is 31.5 Å². The standard InChI is InChI=1S/C22H33N5O2.HI/c1-2-23-22(25-13-12-24-21(29)16-8-4-3-5-9-16)26-15-17-14-20(28)27-19-11-7-6-10-18(17)19;/h6-7,10-11,16-17H,2-5,8-9,12-15H2,1H3,(H,24,29)(H,27,28)(H2,23,25,26);1H. The van der Waals surface area contributed by atoms with Crippen LogP contribution in [0.3, 0.4) is 0 Å². The van der Waals surface area contributed by atoms with Gasteiger partial charge in [0.15, 0.2) is 5.96 Å². The van der Waals surface area contributed by atoms with Crippen molar-refractivity contribution in [3.63, 3.8) is 0 Å². The van der Waals surface area contributed by atoms with Crippen LogP contribution < -0.4 is 21.3 Å². The fourth-order valence-electron chi connectivity index (χ4n) is 4.08. The van der Waals surface area contributed by atoms with Crippen LogP contribution in [0.2, 0.25) is 0 Å². The van der Waals surface area contributed by atoms with E-state index >= 15 is 0 Å². The van der Waals surface area contributed by atoms with Crippen molar-refractivity contribution in [2.24, 2.45) is 10.9 Å². The number of nitrogens with zero attached hydrogens (tertiary/aromatic N) is 1. The zero-order valence-corrected chi connectivity index (χ0v) is 20.0. The maximum absolute atomic E-state index is 12.2. The summed E-state index contributed by atoms with van der Waals surface area (Å²) in [6.07, 6.45) is 6.05. The van der Waals surface area contributed by atoms with E-state index in [0.29, 0.717) is 32.0 Å². The fraction of sp³-hybridized carbons (Fsp3) is 0.591. The van der Waals surface area contributed by atoms with E-state index in [4.69, 9.17) is 0 Å². The van der Waals surface area contributed by atoms with Crippen molar-refractivity contribution in [2.45, 2.75) is 51.4 Å². The van der Waals surface area contributed by atoms with Gasteiger partial charge in [-0.2, -0.15) is 0 Å². The molecule has 2 amide bonds. The Hall–Kier alpha value is -1.84. The van der Waals surface area contributed by atoms with Crippen LogP contribution in [0.5, 0.6) is 0 Å². The van der Waals surface area contributed by atoms with E-state index in [9.17, 15) is 9.59 Å². The second kappa shape index (κ2) is 12.8. The molecule has 7 nitrogen and oxygen atoms in total. The first-order valence-electron chi connectivity index (χ1n) is 10.9. The number of anilines is 1. The first-order chi connectivity index (χ1) is 14.2. The van der Waals surface area contributed by atoms with Gasteiger partial charge in [0.25, 0.3) is 0 Å². The number of amides is 2. The first kappa shape index (κ1) is 24.4. The molecule has 2 aliphatic rings. The lowest BCUT2D eigenvalue weighted by molar-refractivity contribution is -0.125. The van der Waals surface area contributed by atoms with E-state index in [1.54, 1.807) is 0 Å². The second-order valence-electron chi connectivity index (χ2n) is 7.81. The Balaban J connectivity index is 0.00000320. The van der Waals surface area contributed by atoms with E-state index in [2.05, 4.69) is 32.3 Å². The summed E-state index contributed by atoms with van der Waals surface area (Å²) < 4.78 is 0. The van der Waals surface area contributed by atoms with E-state index < -0.39 is 0 Å². The average molecular weight is 527 g/mol. The van der Waals surface area contributed by atoms with E-state index in [1.807, 2.05) is 25.1 Å². The highest BCUT2D eigenvalue weighted by Gasteiger charge is 2.24. The molecule has 4 N–H and O–H groups in total. The minimum atomic E-state index is 0. The molecule has 1 saturated carbocycles. The number of fused-ring (bicyclic) bond motifs is 1. The zero-order valence-electron chi connectivity index (χ0n) is 17.7. The molecule has 1 aliphatic heterocycles. The van der Waals surface area contributed by atoms with E-state index in [0.717, 1.165) is 43.5 Å². The maximum atomic E-state index is 12.2. The van der Waals surface area contributed by atoms with Crippen molar-refractivity contribution < 1.29 is 9.59 Å². The molecule has 1 heterocycles. The van der Waals surface area contributed by atoms with Crippen LogP contribution in [-0.2, 0) is 9.59 Å². The number of para-hydroxylation sites is 1. The predicted molar refractivity (Wildman–Crippen MR) is 131 cm³/mol. The molecule has 166 valence electrons. The number of nitrogens with one attached hydrogen (secondary N) is 4. The highest BCUT2D eigenvalue weighted by atomic mass is 127. The SMILES string of the molecule is CCNC(=NCC1CC(=O)Nc2ccccc21)NCCNC(=O)C1CCCCC1.I. The number of rotatable bonds is 7. The van der Waals surface area contributed by atoms with Gasteiger partial charge in [-0.15, -0.1) is 24.0 Å². The Bertz CT molecular complexity index is 734. The number of hydrogen-bond donors (Lipinski definition) is 4. The van der Waals surface area contributed by atoms with Crippen LogP contribution in [0.1, 0.15) is 56.9 Å². The van der Waals surface area contributed by atoms with Gasteiger partial charge in [-0.1, -0.05) is 37.5 Å². The summed E-state index contributed by atoms with van der Waals surface area (Å²) in [5.74, 6) is 1.18. The number of aliphatic imine (C=N–C) groups is 1. The lowest BCUT2D eigenvalue weighted by Gasteiger charge is -2.24. The molecule has 1 fully saturated rings. The molecule has 30 heavy (non-hydrogen) atoms. The van der Waals surface area contributed by atoms with Crippen molar-refractivity contribution in [3.8, 4) is 0 Å². The van der Waals surface area contributed by atoms with Crippen LogP contribution in [0.15, 0.2) is 29.3 Å². The molecule has 1 aromatic rings. The third kappa shape index (κ3) is 7.14. The van der Waals surface area contributed by atoms with Crippen LogP contribution >= 0.6 is 24.0 Å². The number of halogens is 1. The summed E-state index contributed by atoms with van der Waals surface area (Å²) in [6.45, 7) is 4.50. The summed E-state index contributed by atoms with van der Waals surface area (Å²) in [4.78, 5) is 28.9. The van der Waals surface area contributed by atoms with Gasteiger partial charge in [0.2, 0.25) is 11.8 Å². The molecule has 0 spiro atoms.